The second kappa shape index (κ2) is 4.05. The Hall–Kier alpha value is -0.960. The van der Waals surface area contributed by atoms with Crippen LogP contribution in [0.5, 0.6) is 0 Å². The van der Waals surface area contributed by atoms with E-state index < -0.39 is 11.6 Å². The molecule has 2 unspecified atom stereocenters. The number of nitrogens with one attached hydrogen (secondary N) is 1. The average molecular weight is 237 g/mol. The summed E-state index contributed by atoms with van der Waals surface area (Å²) in [6.45, 7) is 1.84. The zero-order chi connectivity index (χ0) is 12.0. The standard InChI is InChI=1S/C14H17F2N/c1-8(14-11(15)3-2-4-12(14)16)17-13-6-5-9-7-10(9)13/h2-4,8-10,13,17H,5-7H2,1H3/t8?,9-,10+,13?/m0/s1. The average Bonchev–Trinajstić information content (AvgIpc) is 2.95. The Morgan fingerprint density at radius 1 is 1.24 bits per heavy atom. The summed E-state index contributed by atoms with van der Waals surface area (Å²) < 4.78 is 27.2. The Morgan fingerprint density at radius 3 is 2.47 bits per heavy atom. The molecule has 2 aliphatic carbocycles. The molecule has 1 nitrogen and oxygen atoms in total. The maximum atomic E-state index is 13.6. The third-order valence-electron chi connectivity index (χ3n) is 4.24. The molecule has 3 heteroatoms. The summed E-state index contributed by atoms with van der Waals surface area (Å²) in [5.74, 6) is 0.739. The van der Waals surface area contributed by atoms with Gasteiger partial charge in [-0.25, -0.2) is 8.78 Å². The van der Waals surface area contributed by atoms with Crippen LogP contribution in [0.15, 0.2) is 18.2 Å². The summed E-state index contributed by atoms with van der Waals surface area (Å²) >= 11 is 0. The zero-order valence-corrected chi connectivity index (χ0v) is 9.92. The zero-order valence-electron chi connectivity index (χ0n) is 9.92. The van der Waals surface area contributed by atoms with Crippen molar-refractivity contribution in [2.24, 2.45) is 11.8 Å². The Bertz CT molecular complexity index is 412. The summed E-state index contributed by atoms with van der Waals surface area (Å²) in [7, 11) is 0. The molecule has 92 valence electrons. The molecule has 0 heterocycles. The fourth-order valence-corrected chi connectivity index (χ4v) is 3.24. The Balaban J connectivity index is 1.74. The van der Waals surface area contributed by atoms with Crippen molar-refractivity contribution in [3.05, 3.63) is 35.4 Å². The van der Waals surface area contributed by atoms with E-state index in [-0.39, 0.29) is 11.6 Å². The van der Waals surface area contributed by atoms with Crippen LogP contribution < -0.4 is 5.32 Å². The van der Waals surface area contributed by atoms with Crippen molar-refractivity contribution in [1.29, 1.82) is 0 Å². The molecule has 1 N–H and O–H groups in total. The Kier molecular flexibility index (Phi) is 2.66. The van der Waals surface area contributed by atoms with Gasteiger partial charge in [0.2, 0.25) is 0 Å². The molecule has 2 saturated carbocycles. The first-order valence-electron chi connectivity index (χ1n) is 6.37. The van der Waals surface area contributed by atoms with Crippen molar-refractivity contribution in [2.45, 2.75) is 38.3 Å². The molecule has 0 saturated heterocycles. The molecule has 4 atom stereocenters. The van der Waals surface area contributed by atoms with E-state index in [0.29, 0.717) is 6.04 Å². The molecular weight excluding hydrogens is 220 g/mol. The fraction of sp³-hybridized carbons (Fsp3) is 0.571. The van der Waals surface area contributed by atoms with E-state index in [1.165, 1.54) is 31.0 Å². The van der Waals surface area contributed by atoms with Crippen molar-refractivity contribution in [1.82, 2.24) is 5.32 Å². The molecule has 0 amide bonds. The number of rotatable bonds is 3. The molecule has 3 rings (SSSR count). The van der Waals surface area contributed by atoms with E-state index in [2.05, 4.69) is 5.32 Å². The van der Waals surface area contributed by atoms with Gasteiger partial charge in [-0.2, -0.15) is 0 Å². The van der Waals surface area contributed by atoms with Crippen LogP contribution in [-0.2, 0) is 0 Å². The monoisotopic (exact) mass is 237 g/mol. The van der Waals surface area contributed by atoms with E-state index in [0.717, 1.165) is 18.3 Å². The molecule has 17 heavy (non-hydrogen) atoms. The lowest BCUT2D eigenvalue weighted by atomic mass is 10.0. The van der Waals surface area contributed by atoms with Crippen LogP contribution in [0.1, 0.15) is 37.8 Å². The van der Waals surface area contributed by atoms with Gasteiger partial charge in [-0.1, -0.05) is 6.07 Å². The molecule has 2 aliphatic rings. The lowest BCUT2D eigenvalue weighted by molar-refractivity contribution is 0.403. The highest BCUT2D eigenvalue weighted by Crippen LogP contribution is 2.52. The molecule has 0 spiro atoms. The van der Waals surface area contributed by atoms with Gasteiger partial charge in [-0.3, -0.25) is 0 Å². The smallest absolute Gasteiger partial charge is 0.130 e. The maximum Gasteiger partial charge on any atom is 0.130 e. The van der Waals surface area contributed by atoms with Crippen LogP contribution in [0.25, 0.3) is 0 Å². The molecule has 0 aliphatic heterocycles. The normalized spacial score (nSPS) is 32.3. The number of halogens is 2. The van der Waals surface area contributed by atoms with Crippen LogP contribution in [0.4, 0.5) is 8.78 Å². The minimum atomic E-state index is -0.449. The van der Waals surface area contributed by atoms with Crippen molar-refractivity contribution < 1.29 is 8.78 Å². The van der Waals surface area contributed by atoms with E-state index in [1.54, 1.807) is 0 Å². The Morgan fingerprint density at radius 2 is 1.94 bits per heavy atom. The molecule has 2 fully saturated rings. The molecular formula is C14H17F2N. The van der Waals surface area contributed by atoms with Gasteiger partial charge >= 0.3 is 0 Å². The van der Waals surface area contributed by atoms with Gasteiger partial charge in [0.1, 0.15) is 11.6 Å². The predicted molar refractivity (Wildman–Crippen MR) is 62.5 cm³/mol. The molecule has 1 aromatic rings. The van der Waals surface area contributed by atoms with E-state index in [4.69, 9.17) is 0 Å². The summed E-state index contributed by atoms with van der Waals surface area (Å²) in [6.07, 6.45) is 3.72. The van der Waals surface area contributed by atoms with Crippen LogP contribution >= 0.6 is 0 Å². The minimum absolute atomic E-state index is 0.177. The maximum absolute atomic E-state index is 13.6. The topological polar surface area (TPSA) is 12.0 Å². The van der Waals surface area contributed by atoms with E-state index in [9.17, 15) is 8.78 Å². The van der Waals surface area contributed by atoms with Gasteiger partial charge in [-0.15, -0.1) is 0 Å². The minimum Gasteiger partial charge on any atom is -0.307 e. The first-order valence-corrected chi connectivity index (χ1v) is 6.37. The summed E-state index contributed by atoms with van der Waals surface area (Å²) in [6, 6.07) is 4.26. The van der Waals surface area contributed by atoms with Crippen LogP contribution in [0, 0.1) is 23.5 Å². The van der Waals surface area contributed by atoms with Crippen LogP contribution in [0.3, 0.4) is 0 Å². The highest BCUT2D eigenvalue weighted by atomic mass is 19.1. The second-order valence-corrected chi connectivity index (χ2v) is 5.37. The first kappa shape index (κ1) is 11.1. The SMILES string of the molecule is CC(NC1CC[C@H]2C[C@@H]12)c1c(F)cccc1F. The summed E-state index contributed by atoms with van der Waals surface area (Å²) in [4.78, 5) is 0. The molecule has 0 radical (unpaired) electrons. The van der Waals surface area contributed by atoms with Crippen molar-refractivity contribution in [2.75, 3.05) is 0 Å². The van der Waals surface area contributed by atoms with Crippen molar-refractivity contribution >= 4 is 0 Å². The quantitative estimate of drug-likeness (QED) is 0.849. The number of hydrogen-bond donors (Lipinski definition) is 1. The summed E-state index contributed by atoms with van der Waals surface area (Å²) in [5, 5.41) is 3.39. The summed E-state index contributed by atoms with van der Waals surface area (Å²) in [5.41, 5.74) is 0.177. The van der Waals surface area contributed by atoms with Crippen molar-refractivity contribution in [3.63, 3.8) is 0 Å². The number of hydrogen-bond acceptors (Lipinski definition) is 1. The molecule has 0 bridgehead atoms. The van der Waals surface area contributed by atoms with E-state index in [1.807, 2.05) is 6.92 Å². The van der Waals surface area contributed by atoms with Gasteiger partial charge in [0.05, 0.1) is 0 Å². The van der Waals surface area contributed by atoms with E-state index >= 15 is 0 Å². The lowest BCUT2D eigenvalue weighted by Crippen LogP contribution is -2.32. The highest BCUT2D eigenvalue weighted by Gasteiger charge is 2.48. The molecule has 0 aromatic heterocycles. The number of benzene rings is 1. The third kappa shape index (κ3) is 1.97. The lowest BCUT2D eigenvalue weighted by Gasteiger charge is -2.21. The Labute approximate surface area is 100 Å². The predicted octanol–water partition coefficient (Wildman–Crippen LogP) is 3.41. The first-order chi connectivity index (χ1) is 8.16. The van der Waals surface area contributed by atoms with Gasteiger partial charge in [-0.05, 0) is 50.2 Å². The van der Waals surface area contributed by atoms with Gasteiger partial charge in [0, 0.05) is 17.6 Å². The third-order valence-corrected chi connectivity index (χ3v) is 4.24. The van der Waals surface area contributed by atoms with Crippen LogP contribution in [0.2, 0.25) is 0 Å². The number of fused-ring (bicyclic) bond motifs is 1. The van der Waals surface area contributed by atoms with Gasteiger partial charge < -0.3 is 5.32 Å². The van der Waals surface area contributed by atoms with Gasteiger partial charge in [0.15, 0.2) is 0 Å². The van der Waals surface area contributed by atoms with Crippen molar-refractivity contribution in [3.8, 4) is 0 Å². The largest absolute Gasteiger partial charge is 0.307 e. The van der Waals surface area contributed by atoms with Gasteiger partial charge in [0.25, 0.3) is 0 Å². The molecule has 1 aromatic carbocycles. The second-order valence-electron chi connectivity index (χ2n) is 5.37. The highest BCUT2D eigenvalue weighted by molar-refractivity contribution is 5.23. The fourth-order valence-electron chi connectivity index (χ4n) is 3.24. The van der Waals surface area contributed by atoms with Crippen LogP contribution in [-0.4, -0.2) is 6.04 Å².